The Morgan fingerprint density at radius 3 is 2.63 bits per heavy atom. The van der Waals surface area contributed by atoms with Gasteiger partial charge in [-0.2, -0.15) is 13.2 Å². The van der Waals surface area contributed by atoms with Crippen molar-refractivity contribution in [3.8, 4) is 27.6 Å². The number of cyclic esters (lactones) is 1. The van der Waals surface area contributed by atoms with Crippen LogP contribution in [0.3, 0.4) is 0 Å². The molecule has 5 heterocycles. The lowest BCUT2D eigenvalue weighted by molar-refractivity contribution is -0.140. The number of hydrogen-bond donors (Lipinski definition) is 2. The molecule has 0 saturated carbocycles. The first kappa shape index (κ1) is 28.4. The second-order valence-corrected chi connectivity index (χ2v) is 10.1. The van der Waals surface area contributed by atoms with E-state index in [1.165, 1.54) is 18.5 Å². The molecule has 1 fully saturated rings. The first-order valence-electron chi connectivity index (χ1n) is 12.9. The van der Waals surface area contributed by atoms with Gasteiger partial charge in [0.25, 0.3) is 0 Å². The van der Waals surface area contributed by atoms with E-state index in [4.69, 9.17) is 9.47 Å². The van der Waals surface area contributed by atoms with Gasteiger partial charge in [0.15, 0.2) is 5.69 Å². The van der Waals surface area contributed by atoms with Gasteiger partial charge in [-0.15, -0.1) is 11.3 Å². The van der Waals surface area contributed by atoms with E-state index in [-0.39, 0.29) is 34.7 Å². The number of carbonyl (C=O) groups is 2. The predicted octanol–water partition coefficient (Wildman–Crippen LogP) is 4.21. The molecule has 15 heteroatoms. The molecule has 3 aromatic rings. The number of aliphatic imine (C=N–C) groups is 1. The minimum Gasteiger partial charge on any atom is -0.476 e. The van der Waals surface area contributed by atoms with Crippen LogP contribution in [0.15, 0.2) is 34.9 Å². The van der Waals surface area contributed by atoms with Crippen LogP contribution in [-0.4, -0.2) is 77.1 Å². The van der Waals surface area contributed by atoms with Gasteiger partial charge in [0.05, 0.1) is 5.56 Å². The van der Waals surface area contributed by atoms with Crippen LogP contribution in [0, 0.1) is 0 Å². The van der Waals surface area contributed by atoms with Gasteiger partial charge in [-0.05, 0) is 45.0 Å². The average molecular weight is 590 g/mol. The summed E-state index contributed by atoms with van der Waals surface area (Å²) in [4.78, 5) is 42.8. The summed E-state index contributed by atoms with van der Waals surface area (Å²) in [5, 5.41) is 6.12. The summed E-state index contributed by atoms with van der Waals surface area (Å²) in [7, 11) is 0. The largest absolute Gasteiger partial charge is 0.476 e. The van der Waals surface area contributed by atoms with Gasteiger partial charge in [-0.1, -0.05) is 0 Å². The summed E-state index contributed by atoms with van der Waals surface area (Å²) in [6.45, 7) is 4.93. The van der Waals surface area contributed by atoms with Crippen LogP contribution < -0.4 is 15.4 Å². The van der Waals surface area contributed by atoms with Gasteiger partial charge >= 0.3 is 18.2 Å². The van der Waals surface area contributed by atoms with Crippen LogP contribution in [0.25, 0.3) is 21.7 Å². The number of likely N-dealkylation sites (tertiary alicyclic amines) is 1. The SMILES string of the molecule is CCNC(=O)Nc1cc(-c2nc(C(F)(F)F)cs2)c(-c2cc(C3=NCC(=O)O3)cnc2OCCN2CCCC2)cn1. The summed E-state index contributed by atoms with van der Waals surface area (Å²) >= 11 is 0.798. The Balaban J connectivity index is 1.58. The summed E-state index contributed by atoms with van der Waals surface area (Å²) in [5.74, 6) is -0.130. The van der Waals surface area contributed by atoms with Crippen LogP contribution in [0.1, 0.15) is 31.0 Å². The zero-order chi connectivity index (χ0) is 29.0. The topological polar surface area (TPSA) is 131 Å². The van der Waals surface area contributed by atoms with Crippen LogP contribution in [-0.2, 0) is 15.7 Å². The molecule has 5 rings (SSSR count). The monoisotopic (exact) mass is 589 g/mol. The number of alkyl halides is 3. The number of halogens is 3. The van der Waals surface area contributed by atoms with Crippen molar-refractivity contribution in [2.75, 3.05) is 44.6 Å². The molecule has 41 heavy (non-hydrogen) atoms. The Hall–Kier alpha value is -4.11. The van der Waals surface area contributed by atoms with E-state index in [0.29, 0.717) is 36.4 Å². The maximum atomic E-state index is 13.4. The number of anilines is 1. The first-order valence-corrected chi connectivity index (χ1v) is 13.8. The fourth-order valence-corrected chi connectivity index (χ4v) is 5.23. The van der Waals surface area contributed by atoms with Crippen molar-refractivity contribution in [2.45, 2.75) is 25.9 Å². The maximum Gasteiger partial charge on any atom is 0.434 e. The van der Waals surface area contributed by atoms with Crippen molar-refractivity contribution in [1.82, 2.24) is 25.2 Å². The number of amides is 2. The smallest absolute Gasteiger partial charge is 0.434 e. The highest BCUT2D eigenvalue weighted by Gasteiger charge is 2.34. The Labute approximate surface area is 236 Å². The third-order valence-electron chi connectivity index (χ3n) is 6.30. The van der Waals surface area contributed by atoms with Gasteiger partial charge in [-0.3, -0.25) is 10.2 Å². The van der Waals surface area contributed by atoms with Crippen LogP contribution in [0.2, 0.25) is 0 Å². The standard InChI is InChI=1S/C26H26F3N7O4S/c1-2-30-25(38)35-20-10-17(24-34-19(14-41-24)26(27,28)29)18(12-31-20)16-9-15(22-33-13-21(37)40-22)11-32-23(16)39-8-7-36-5-3-4-6-36/h9-12,14H,2-8,13H2,1H3,(H2,30,31,35,38). The van der Waals surface area contributed by atoms with Gasteiger partial charge in [0, 0.05) is 47.6 Å². The van der Waals surface area contributed by atoms with Gasteiger partial charge in [-0.25, -0.2) is 29.5 Å². The number of hydrogen-bond acceptors (Lipinski definition) is 10. The first-order chi connectivity index (χ1) is 19.7. The van der Waals surface area contributed by atoms with Gasteiger partial charge in [0.2, 0.25) is 11.8 Å². The number of thiazole rings is 1. The summed E-state index contributed by atoms with van der Waals surface area (Å²) in [5.41, 5.74) is 0.333. The number of pyridine rings is 2. The van der Waals surface area contributed by atoms with Crippen molar-refractivity contribution in [2.24, 2.45) is 4.99 Å². The van der Waals surface area contributed by atoms with E-state index in [1.807, 2.05) is 0 Å². The molecule has 0 aliphatic carbocycles. The molecule has 0 unspecified atom stereocenters. The van der Waals surface area contributed by atoms with Crippen molar-refractivity contribution in [3.05, 3.63) is 41.2 Å². The Morgan fingerprint density at radius 2 is 1.95 bits per heavy atom. The number of urea groups is 1. The molecular formula is C26H26F3N7O4S. The third-order valence-corrected chi connectivity index (χ3v) is 7.18. The lowest BCUT2D eigenvalue weighted by atomic mass is 10.0. The molecule has 0 bridgehead atoms. The van der Waals surface area contributed by atoms with Crippen molar-refractivity contribution in [3.63, 3.8) is 0 Å². The highest BCUT2D eigenvalue weighted by atomic mass is 32.1. The van der Waals surface area contributed by atoms with E-state index in [9.17, 15) is 22.8 Å². The number of aromatic nitrogens is 3. The molecule has 0 radical (unpaired) electrons. The highest BCUT2D eigenvalue weighted by molar-refractivity contribution is 7.13. The minimum absolute atomic E-state index is 0.0479. The lowest BCUT2D eigenvalue weighted by Gasteiger charge is -2.17. The Morgan fingerprint density at radius 1 is 1.15 bits per heavy atom. The summed E-state index contributed by atoms with van der Waals surface area (Å²) in [6.07, 6.45) is 0.467. The highest BCUT2D eigenvalue weighted by Crippen LogP contribution is 2.41. The van der Waals surface area contributed by atoms with Crippen molar-refractivity contribution in [1.29, 1.82) is 0 Å². The average Bonchev–Trinajstić information content (AvgIpc) is 3.71. The van der Waals surface area contributed by atoms with E-state index in [1.54, 1.807) is 13.0 Å². The lowest BCUT2D eigenvalue weighted by Crippen LogP contribution is -2.28. The summed E-state index contributed by atoms with van der Waals surface area (Å²) in [6, 6.07) is 2.55. The molecule has 0 atom stereocenters. The zero-order valence-electron chi connectivity index (χ0n) is 22.0. The molecule has 1 saturated heterocycles. The van der Waals surface area contributed by atoms with E-state index in [0.717, 1.165) is 42.6 Å². The normalized spacial score (nSPS) is 15.5. The van der Waals surface area contributed by atoms with E-state index < -0.39 is 23.9 Å². The second-order valence-electron chi connectivity index (χ2n) is 9.20. The number of carbonyl (C=O) groups excluding carboxylic acids is 2. The molecule has 0 spiro atoms. The fraction of sp³-hybridized carbons (Fsp3) is 0.385. The number of ether oxygens (including phenoxy) is 2. The molecule has 11 nitrogen and oxygen atoms in total. The van der Waals surface area contributed by atoms with Crippen LogP contribution in [0.5, 0.6) is 5.88 Å². The number of nitrogens with one attached hydrogen (secondary N) is 2. The molecular weight excluding hydrogens is 563 g/mol. The van der Waals surface area contributed by atoms with Gasteiger partial charge < -0.3 is 14.8 Å². The van der Waals surface area contributed by atoms with Crippen molar-refractivity contribution < 1.29 is 32.2 Å². The number of rotatable bonds is 9. The Bertz CT molecular complexity index is 1470. The van der Waals surface area contributed by atoms with Gasteiger partial charge in [0.1, 0.15) is 24.0 Å². The molecule has 2 aliphatic heterocycles. The molecule has 3 aromatic heterocycles. The third kappa shape index (κ3) is 6.79. The molecule has 2 aliphatic rings. The van der Waals surface area contributed by atoms with E-state index >= 15 is 0 Å². The molecule has 2 amide bonds. The zero-order valence-corrected chi connectivity index (χ0v) is 22.8. The molecule has 2 N–H and O–H groups in total. The Kier molecular flexibility index (Phi) is 8.44. The quantitative estimate of drug-likeness (QED) is 0.355. The molecule has 216 valence electrons. The van der Waals surface area contributed by atoms with Crippen LogP contribution in [0.4, 0.5) is 23.8 Å². The van der Waals surface area contributed by atoms with E-state index in [2.05, 4.69) is 35.5 Å². The predicted molar refractivity (Wildman–Crippen MR) is 145 cm³/mol. The molecule has 0 aromatic carbocycles. The maximum absolute atomic E-state index is 13.4. The van der Waals surface area contributed by atoms with Crippen molar-refractivity contribution >= 4 is 35.1 Å². The minimum atomic E-state index is -4.64. The summed E-state index contributed by atoms with van der Waals surface area (Å²) < 4.78 is 51.6. The fourth-order valence-electron chi connectivity index (χ4n) is 4.38. The van der Waals surface area contributed by atoms with Crippen LogP contribution >= 0.6 is 11.3 Å². The second kappa shape index (κ2) is 12.2. The number of esters is 1. The number of nitrogens with zero attached hydrogens (tertiary/aromatic N) is 5.